The summed E-state index contributed by atoms with van der Waals surface area (Å²) >= 11 is 0. The Morgan fingerprint density at radius 2 is 2.23 bits per heavy atom. The van der Waals surface area contributed by atoms with E-state index in [1.54, 1.807) is 7.11 Å². The second-order valence-electron chi connectivity index (χ2n) is 2.53. The van der Waals surface area contributed by atoms with Gasteiger partial charge in [0.05, 0.1) is 7.11 Å². The molecule has 0 unspecified atom stereocenters. The third-order valence-corrected chi connectivity index (χ3v) is 1.65. The van der Waals surface area contributed by atoms with Gasteiger partial charge in [0, 0.05) is 12.1 Å². The molecule has 4 nitrogen and oxygen atoms in total. The van der Waals surface area contributed by atoms with Gasteiger partial charge in [0.2, 0.25) is 0 Å². The number of carbonyl (C=O) groups excluding carboxylic acids is 1. The van der Waals surface area contributed by atoms with E-state index in [0.29, 0.717) is 6.54 Å². The van der Waals surface area contributed by atoms with Crippen molar-refractivity contribution < 1.29 is 9.53 Å². The van der Waals surface area contributed by atoms with Crippen LogP contribution < -0.4 is 15.8 Å². The summed E-state index contributed by atoms with van der Waals surface area (Å²) in [5.74, 6) is 0.747. The van der Waals surface area contributed by atoms with Crippen LogP contribution in [-0.2, 0) is 6.54 Å². The molecule has 1 aromatic carbocycles. The summed E-state index contributed by atoms with van der Waals surface area (Å²) in [5.41, 5.74) is 5.85. The molecule has 1 rings (SSSR count). The van der Waals surface area contributed by atoms with Gasteiger partial charge in [-0.05, 0) is 6.07 Å². The van der Waals surface area contributed by atoms with Gasteiger partial charge in [-0.15, -0.1) is 0 Å². The standard InChI is InChI=1S/C9H12N2O2/c1-13-8-5-3-2-4-7(8)6-11-9(10)12/h2-5H,6H2,1H3,(H3,10,11,12). The Morgan fingerprint density at radius 3 is 2.85 bits per heavy atom. The molecule has 0 bridgehead atoms. The van der Waals surface area contributed by atoms with Crippen molar-refractivity contribution in [2.75, 3.05) is 7.11 Å². The van der Waals surface area contributed by atoms with Crippen LogP contribution in [0.25, 0.3) is 0 Å². The molecule has 70 valence electrons. The highest BCUT2D eigenvalue weighted by Gasteiger charge is 2.01. The van der Waals surface area contributed by atoms with Crippen LogP contribution in [-0.4, -0.2) is 13.1 Å². The number of rotatable bonds is 3. The van der Waals surface area contributed by atoms with Gasteiger partial charge in [-0.1, -0.05) is 18.2 Å². The molecule has 1 aromatic rings. The number of primary amides is 1. The van der Waals surface area contributed by atoms with Crippen LogP contribution in [0.2, 0.25) is 0 Å². The maximum absolute atomic E-state index is 10.4. The number of para-hydroxylation sites is 1. The monoisotopic (exact) mass is 180 g/mol. The number of benzene rings is 1. The summed E-state index contributed by atoms with van der Waals surface area (Å²) in [4.78, 5) is 10.4. The van der Waals surface area contributed by atoms with E-state index in [9.17, 15) is 4.79 Å². The molecular formula is C9H12N2O2. The third kappa shape index (κ3) is 2.66. The largest absolute Gasteiger partial charge is 0.496 e. The van der Waals surface area contributed by atoms with E-state index < -0.39 is 6.03 Å². The lowest BCUT2D eigenvalue weighted by Gasteiger charge is -2.07. The van der Waals surface area contributed by atoms with Crippen LogP contribution in [0.15, 0.2) is 24.3 Å². The number of nitrogens with one attached hydrogen (secondary N) is 1. The molecule has 3 N–H and O–H groups in total. The molecule has 0 saturated carbocycles. The van der Waals surface area contributed by atoms with E-state index >= 15 is 0 Å². The number of ether oxygens (including phenoxy) is 1. The van der Waals surface area contributed by atoms with Crippen molar-refractivity contribution in [3.05, 3.63) is 29.8 Å². The predicted molar refractivity (Wildman–Crippen MR) is 49.4 cm³/mol. The average Bonchev–Trinajstić information content (AvgIpc) is 2.15. The number of hydrogen-bond acceptors (Lipinski definition) is 2. The molecule has 2 amide bonds. The zero-order valence-electron chi connectivity index (χ0n) is 7.41. The van der Waals surface area contributed by atoms with Crippen molar-refractivity contribution >= 4 is 6.03 Å². The number of methoxy groups -OCH3 is 1. The van der Waals surface area contributed by atoms with E-state index in [2.05, 4.69) is 5.32 Å². The Kier molecular flexibility index (Phi) is 3.14. The lowest BCUT2D eigenvalue weighted by atomic mass is 10.2. The van der Waals surface area contributed by atoms with Gasteiger partial charge in [-0.3, -0.25) is 0 Å². The van der Waals surface area contributed by atoms with Gasteiger partial charge in [0.15, 0.2) is 0 Å². The van der Waals surface area contributed by atoms with Crippen molar-refractivity contribution in [2.45, 2.75) is 6.54 Å². The Bertz CT molecular complexity index is 299. The van der Waals surface area contributed by atoms with Crippen LogP contribution >= 0.6 is 0 Å². The molecule has 0 saturated heterocycles. The lowest BCUT2D eigenvalue weighted by Crippen LogP contribution is -2.28. The molecule has 0 radical (unpaired) electrons. The maximum atomic E-state index is 10.4. The fourth-order valence-electron chi connectivity index (χ4n) is 1.03. The summed E-state index contributed by atoms with van der Waals surface area (Å²) in [5, 5.41) is 2.50. The highest BCUT2D eigenvalue weighted by Crippen LogP contribution is 2.16. The molecule has 0 fully saturated rings. The minimum atomic E-state index is -0.536. The number of carbonyl (C=O) groups is 1. The first-order valence-electron chi connectivity index (χ1n) is 3.89. The van der Waals surface area contributed by atoms with E-state index in [-0.39, 0.29) is 0 Å². The SMILES string of the molecule is COc1ccccc1CNC(N)=O. The van der Waals surface area contributed by atoms with Gasteiger partial charge in [-0.2, -0.15) is 0 Å². The molecule has 0 aliphatic carbocycles. The van der Waals surface area contributed by atoms with E-state index in [4.69, 9.17) is 10.5 Å². The molecule has 13 heavy (non-hydrogen) atoms. The quantitative estimate of drug-likeness (QED) is 0.724. The van der Waals surface area contributed by atoms with Crippen LogP contribution in [0.4, 0.5) is 4.79 Å². The Morgan fingerprint density at radius 1 is 1.54 bits per heavy atom. The molecule has 0 aliphatic rings. The Labute approximate surface area is 76.7 Å². The predicted octanol–water partition coefficient (Wildman–Crippen LogP) is 0.864. The zero-order chi connectivity index (χ0) is 9.68. The second-order valence-corrected chi connectivity index (χ2v) is 2.53. The maximum Gasteiger partial charge on any atom is 0.312 e. The molecule has 0 heterocycles. The first-order chi connectivity index (χ1) is 6.24. The van der Waals surface area contributed by atoms with Gasteiger partial charge in [-0.25, -0.2) is 4.79 Å². The summed E-state index contributed by atoms with van der Waals surface area (Å²) in [6, 6.07) is 6.91. The smallest absolute Gasteiger partial charge is 0.312 e. The fourth-order valence-corrected chi connectivity index (χ4v) is 1.03. The summed E-state index contributed by atoms with van der Waals surface area (Å²) in [6.07, 6.45) is 0. The first kappa shape index (κ1) is 9.38. The van der Waals surface area contributed by atoms with E-state index in [0.717, 1.165) is 11.3 Å². The Balaban J connectivity index is 2.69. The highest BCUT2D eigenvalue weighted by molar-refractivity contribution is 5.71. The van der Waals surface area contributed by atoms with Gasteiger partial charge in [0.25, 0.3) is 0 Å². The highest BCUT2D eigenvalue weighted by atomic mass is 16.5. The van der Waals surface area contributed by atoms with Crippen LogP contribution in [0, 0.1) is 0 Å². The lowest BCUT2D eigenvalue weighted by molar-refractivity contribution is 0.248. The molecule has 0 aromatic heterocycles. The topological polar surface area (TPSA) is 64.3 Å². The van der Waals surface area contributed by atoms with Crippen LogP contribution in [0.1, 0.15) is 5.56 Å². The molecule has 0 atom stereocenters. The fraction of sp³-hybridized carbons (Fsp3) is 0.222. The molecule has 0 aliphatic heterocycles. The van der Waals surface area contributed by atoms with Crippen molar-refractivity contribution in [1.29, 1.82) is 0 Å². The average molecular weight is 180 g/mol. The van der Waals surface area contributed by atoms with Gasteiger partial charge in [0.1, 0.15) is 5.75 Å². The molecular weight excluding hydrogens is 168 g/mol. The second kappa shape index (κ2) is 4.35. The minimum Gasteiger partial charge on any atom is -0.496 e. The van der Waals surface area contributed by atoms with Crippen LogP contribution in [0.5, 0.6) is 5.75 Å². The minimum absolute atomic E-state index is 0.388. The van der Waals surface area contributed by atoms with Crippen molar-refractivity contribution in [2.24, 2.45) is 5.73 Å². The van der Waals surface area contributed by atoms with Gasteiger partial charge >= 0.3 is 6.03 Å². The Hall–Kier alpha value is -1.71. The summed E-state index contributed by atoms with van der Waals surface area (Å²) in [6.45, 7) is 0.388. The van der Waals surface area contributed by atoms with Gasteiger partial charge < -0.3 is 15.8 Å². The van der Waals surface area contributed by atoms with Crippen molar-refractivity contribution in [3.8, 4) is 5.75 Å². The number of urea groups is 1. The zero-order valence-corrected chi connectivity index (χ0v) is 7.41. The third-order valence-electron chi connectivity index (χ3n) is 1.65. The van der Waals surface area contributed by atoms with Crippen molar-refractivity contribution in [3.63, 3.8) is 0 Å². The number of amides is 2. The van der Waals surface area contributed by atoms with E-state index in [1.807, 2.05) is 24.3 Å². The molecule has 0 spiro atoms. The molecule has 4 heteroatoms. The van der Waals surface area contributed by atoms with Crippen molar-refractivity contribution in [1.82, 2.24) is 5.32 Å². The summed E-state index contributed by atoms with van der Waals surface area (Å²) < 4.78 is 5.09. The number of nitrogens with two attached hydrogens (primary N) is 1. The van der Waals surface area contributed by atoms with Crippen LogP contribution in [0.3, 0.4) is 0 Å². The first-order valence-corrected chi connectivity index (χ1v) is 3.89. The summed E-state index contributed by atoms with van der Waals surface area (Å²) in [7, 11) is 1.59. The normalized spacial score (nSPS) is 9.31. The van der Waals surface area contributed by atoms with E-state index in [1.165, 1.54) is 0 Å². The number of hydrogen-bond donors (Lipinski definition) is 2.